The lowest BCUT2D eigenvalue weighted by atomic mass is 9.93. The van der Waals surface area contributed by atoms with Gasteiger partial charge in [-0.1, -0.05) is 19.9 Å². The lowest BCUT2D eigenvalue weighted by Gasteiger charge is -2.18. The maximum Gasteiger partial charge on any atom is 0.130 e. The van der Waals surface area contributed by atoms with Crippen molar-refractivity contribution in [1.29, 1.82) is 0 Å². The molecule has 0 heterocycles. The molecule has 0 aliphatic heterocycles. The lowest BCUT2D eigenvalue weighted by Crippen LogP contribution is -2.16. The molecule has 1 aromatic rings. The molecule has 1 atom stereocenters. The standard InChI is InChI=1S/C14H20FP/c1-5-8-12-13(15)9(4)10(6-2)11(7-3)14(12)16/h5H,1,6-8,16H2,2-4H3. The van der Waals surface area contributed by atoms with Gasteiger partial charge in [0.25, 0.3) is 0 Å². The summed E-state index contributed by atoms with van der Waals surface area (Å²) in [7, 11) is 2.70. The molecule has 0 aliphatic carbocycles. The Morgan fingerprint density at radius 3 is 2.19 bits per heavy atom. The molecule has 0 bridgehead atoms. The maximum absolute atomic E-state index is 14.2. The van der Waals surface area contributed by atoms with Crippen LogP contribution < -0.4 is 5.30 Å². The molecule has 0 saturated carbocycles. The van der Waals surface area contributed by atoms with Crippen LogP contribution in [0.4, 0.5) is 4.39 Å². The van der Waals surface area contributed by atoms with Crippen molar-refractivity contribution in [3.05, 3.63) is 40.7 Å². The molecule has 16 heavy (non-hydrogen) atoms. The van der Waals surface area contributed by atoms with E-state index in [9.17, 15) is 4.39 Å². The smallest absolute Gasteiger partial charge is 0.130 e. The third-order valence-electron chi connectivity index (χ3n) is 3.12. The zero-order chi connectivity index (χ0) is 12.3. The van der Waals surface area contributed by atoms with Gasteiger partial charge in [-0.05, 0) is 53.7 Å². The minimum atomic E-state index is -0.0565. The third kappa shape index (κ3) is 2.20. The van der Waals surface area contributed by atoms with Gasteiger partial charge in [-0.3, -0.25) is 0 Å². The number of rotatable bonds is 4. The monoisotopic (exact) mass is 238 g/mol. The van der Waals surface area contributed by atoms with Gasteiger partial charge in [0.1, 0.15) is 5.82 Å². The van der Waals surface area contributed by atoms with Crippen LogP contribution in [0, 0.1) is 12.7 Å². The van der Waals surface area contributed by atoms with Crippen LogP contribution in [0.1, 0.15) is 36.1 Å². The first kappa shape index (κ1) is 13.4. The Morgan fingerprint density at radius 1 is 1.19 bits per heavy atom. The Hall–Kier alpha value is -0.680. The minimum Gasteiger partial charge on any atom is -0.206 e. The minimum absolute atomic E-state index is 0.0565. The average molecular weight is 238 g/mol. The fourth-order valence-corrected chi connectivity index (χ4v) is 2.90. The van der Waals surface area contributed by atoms with Crippen LogP contribution >= 0.6 is 9.24 Å². The number of halogens is 1. The summed E-state index contributed by atoms with van der Waals surface area (Å²) in [6.07, 6.45) is 4.20. The summed E-state index contributed by atoms with van der Waals surface area (Å²) in [6.45, 7) is 9.77. The Kier molecular flexibility index (Phi) is 4.68. The largest absolute Gasteiger partial charge is 0.206 e. The summed E-state index contributed by atoms with van der Waals surface area (Å²) < 4.78 is 14.2. The normalized spacial score (nSPS) is 10.6. The first-order valence-electron chi connectivity index (χ1n) is 5.77. The van der Waals surface area contributed by atoms with Gasteiger partial charge in [0.05, 0.1) is 0 Å². The van der Waals surface area contributed by atoms with E-state index in [1.165, 1.54) is 5.56 Å². The quantitative estimate of drug-likeness (QED) is 0.556. The first-order valence-corrected chi connectivity index (χ1v) is 6.35. The van der Waals surface area contributed by atoms with E-state index in [0.717, 1.165) is 34.8 Å². The molecule has 0 fully saturated rings. The fraction of sp³-hybridized carbons (Fsp3) is 0.429. The van der Waals surface area contributed by atoms with E-state index in [4.69, 9.17) is 0 Å². The summed E-state index contributed by atoms with van der Waals surface area (Å²) in [5, 5.41) is 1.03. The molecule has 0 aliphatic rings. The van der Waals surface area contributed by atoms with Crippen molar-refractivity contribution in [3.8, 4) is 0 Å². The SMILES string of the molecule is C=CCc1c(F)c(C)c(CC)c(CC)c1P. The molecule has 0 N–H and O–H groups in total. The van der Waals surface area contributed by atoms with E-state index in [-0.39, 0.29) is 5.82 Å². The predicted octanol–water partition coefficient (Wildman–Crippen LogP) is 3.49. The van der Waals surface area contributed by atoms with Gasteiger partial charge in [0.2, 0.25) is 0 Å². The zero-order valence-corrected chi connectivity index (χ0v) is 11.5. The predicted molar refractivity (Wildman–Crippen MR) is 73.1 cm³/mol. The zero-order valence-electron chi connectivity index (χ0n) is 10.4. The van der Waals surface area contributed by atoms with Crippen LogP contribution in [-0.4, -0.2) is 0 Å². The van der Waals surface area contributed by atoms with E-state index in [1.807, 2.05) is 6.92 Å². The molecule has 0 aromatic heterocycles. The number of hydrogen-bond acceptors (Lipinski definition) is 0. The molecule has 0 saturated heterocycles. The Labute approximate surface area is 100 Å². The van der Waals surface area contributed by atoms with Crippen LogP contribution in [0.3, 0.4) is 0 Å². The molecular weight excluding hydrogens is 218 g/mol. The van der Waals surface area contributed by atoms with Crippen molar-refractivity contribution in [1.82, 2.24) is 0 Å². The Balaban J connectivity index is 3.55. The van der Waals surface area contributed by atoms with E-state index in [0.29, 0.717) is 6.42 Å². The second kappa shape index (κ2) is 5.59. The highest BCUT2D eigenvalue weighted by molar-refractivity contribution is 7.27. The van der Waals surface area contributed by atoms with Crippen LogP contribution in [-0.2, 0) is 19.3 Å². The highest BCUT2D eigenvalue weighted by Crippen LogP contribution is 2.23. The molecule has 1 aromatic carbocycles. The van der Waals surface area contributed by atoms with Gasteiger partial charge in [-0.2, -0.15) is 0 Å². The van der Waals surface area contributed by atoms with Gasteiger partial charge >= 0.3 is 0 Å². The van der Waals surface area contributed by atoms with Gasteiger partial charge in [-0.15, -0.1) is 15.8 Å². The summed E-state index contributed by atoms with van der Waals surface area (Å²) in [6, 6.07) is 0. The van der Waals surface area contributed by atoms with Crippen LogP contribution in [0.25, 0.3) is 0 Å². The van der Waals surface area contributed by atoms with Crippen LogP contribution in [0.15, 0.2) is 12.7 Å². The van der Waals surface area contributed by atoms with Crippen LogP contribution in [0.5, 0.6) is 0 Å². The molecule has 0 spiro atoms. The Morgan fingerprint density at radius 2 is 1.75 bits per heavy atom. The molecule has 0 nitrogen and oxygen atoms in total. The topological polar surface area (TPSA) is 0 Å². The van der Waals surface area contributed by atoms with Crippen LogP contribution in [0.2, 0.25) is 0 Å². The molecule has 1 unspecified atom stereocenters. The summed E-state index contributed by atoms with van der Waals surface area (Å²) >= 11 is 0. The number of allylic oxidation sites excluding steroid dienone is 1. The van der Waals surface area contributed by atoms with E-state index in [2.05, 4.69) is 29.7 Å². The van der Waals surface area contributed by atoms with Gasteiger partial charge in [0, 0.05) is 0 Å². The van der Waals surface area contributed by atoms with Gasteiger partial charge in [0.15, 0.2) is 0 Å². The summed E-state index contributed by atoms with van der Waals surface area (Å²) in [4.78, 5) is 0. The Bertz CT molecular complexity index is 408. The van der Waals surface area contributed by atoms with Crippen molar-refractivity contribution in [3.63, 3.8) is 0 Å². The second-order valence-corrected chi connectivity index (χ2v) is 4.57. The highest BCUT2D eigenvalue weighted by atomic mass is 31.0. The van der Waals surface area contributed by atoms with Crippen molar-refractivity contribution in [2.45, 2.75) is 40.0 Å². The molecule has 2 heteroatoms. The molecule has 0 radical (unpaired) electrons. The van der Waals surface area contributed by atoms with Gasteiger partial charge in [-0.25, -0.2) is 4.39 Å². The van der Waals surface area contributed by atoms with E-state index in [1.54, 1.807) is 6.08 Å². The van der Waals surface area contributed by atoms with E-state index >= 15 is 0 Å². The van der Waals surface area contributed by atoms with Gasteiger partial charge < -0.3 is 0 Å². The molecule has 88 valence electrons. The highest BCUT2D eigenvalue weighted by Gasteiger charge is 2.16. The summed E-state index contributed by atoms with van der Waals surface area (Å²) in [5.74, 6) is -0.0565. The molecular formula is C14H20FP. The fourth-order valence-electron chi connectivity index (χ4n) is 2.27. The van der Waals surface area contributed by atoms with Crippen molar-refractivity contribution in [2.75, 3.05) is 0 Å². The molecule has 0 amide bonds. The third-order valence-corrected chi connectivity index (χ3v) is 3.81. The second-order valence-electron chi connectivity index (χ2n) is 3.99. The van der Waals surface area contributed by atoms with Crippen molar-refractivity contribution in [2.24, 2.45) is 0 Å². The average Bonchev–Trinajstić information content (AvgIpc) is 2.29. The maximum atomic E-state index is 14.2. The first-order chi connectivity index (χ1) is 7.58. The van der Waals surface area contributed by atoms with E-state index < -0.39 is 0 Å². The number of hydrogen-bond donors (Lipinski definition) is 0. The van der Waals surface area contributed by atoms with Crippen molar-refractivity contribution < 1.29 is 4.39 Å². The molecule has 1 rings (SSSR count). The summed E-state index contributed by atoms with van der Waals surface area (Å²) in [5.41, 5.74) is 4.04. The number of benzene rings is 1. The lowest BCUT2D eigenvalue weighted by molar-refractivity contribution is 0.603. The van der Waals surface area contributed by atoms with Crippen molar-refractivity contribution >= 4 is 14.5 Å².